The average Bonchev–Trinajstić information content (AvgIpc) is 2.81. The molecule has 196 valence electrons. The Morgan fingerprint density at radius 3 is 2.36 bits per heavy atom. The number of rotatable bonds is 8. The van der Waals surface area contributed by atoms with Crippen molar-refractivity contribution in [3.05, 3.63) is 53.2 Å². The summed E-state index contributed by atoms with van der Waals surface area (Å²) in [4.78, 5) is 16.5. The van der Waals surface area contributed by atoms with E-state index in [4.69, 9.17) is 14.2 Å². The maximum absolute atomic E-state index is 12.4. The second kappa shape index (κ2) is 11.1. The van der Waals surface area contributed by atoms with E-state index in [0.717, 1.165) is 30.8 Å². The van der Waals surface area contributed by atoms with Crippen molar-refractivity contribution in [2.24, 2.45) is 0 Å². The monoisotopic (exact) mass is 495 g/mol. The molecule has 0 saturated heterocycles. The number of carbonyl (C=O) groups is 1. The average molecular weight is 496 g/mol. The number of hydrogen-bond donors (Lipinski definition) is 1. The molecule has 0 fully saturated rings. The Kier molecular flexibility index (Phi) is 8.43. The molecule has 7 heteroatoms. The van der Waals surface area contributed by atoms with Crippen LogP contribution in [0.5, 0.6) is 11.5 Å². The van der Waals surface area contributed by atoms with Crippen LogP contribution in [0.2, 0.25) is 0 Å². The van der Waals surface area contributed by atoms with Crippen molar-refractivity contribution < 1.29 is 19.0 Å². The molecule has 0 aliphatic carbocycles. The van der Waals surface area contributed by atoms with Crippen molar-refractivity contribution in [1.82, 2.24) is 9.80 Å². The number of carbonyl (C=O) groups excluding carboxylic acids is 1. The van der Waals surface area contributed by atoms with Gasteiger partial charge < -0.3 is 29.3 Å². The first-order valence-electron chi connectivity index (χ1n) is 12.4. The molecule has 0 spiro atoms. The summed E-state index contributed by atoms with van der Waals surface area (Å²) in [5.74, 6) is 1.39. The predicted molar refractivity (Wildman–Crippen MR) is 146 cm³/mol. The van der Waals surface area contributed by atoms with Gasteiger partial charge in [-0.2, -0.15) is 0 Å². The Hall–Kier alpha value is -3.35. The third-order valence-electron chi connectivity index (χ3n) is 6.62. The second-order valence-corrected chi connectivity index (χ2v) is 10.5. The van der Waals surface area contributed by atoms with Gasteiger partial charge in [-0.3, -0.25) is 0 Å². The number of benzene rings is 2. The summed E-state index contributed by atoms with van der Waals surface area (Å²) in [6.07, 6.45) is 1.47. The van der Waals surface area contributed by atoms with Crippen molar-refractivity contribution in [3.8, 4) is 11.5 Å². The Labute approximate surface area is 216 Å². The maximum atomic E-state index is 12.4. The van der Waals surface area contributed by atoms with E-state index in [1.54, 1.807) is 19.1 Å². The fourth-order valence-electron chi connectivity index (χ4n) is 4.47. The summed E-state index contributed by atoms with van der Waals surface area (Å²) in [6.45, 7) is 10.8. The minimum Gasteiger partial charge on any atom is -0.493 e. The fourth-order valence-corrected chi connectivity index (χ4v) is 4.47. The van der Waals surface area contributed by atoms with Crippen molar-refractivity contribution >= 4 is 23.0 Å². The first kappa shape index (κ1) is 27.2. The van der Waals surface area contributed by atoms with Gasteiger partial charge in [-0.15, -0.1) is 0 Å². The second-order valence-electron chi connectivity index (χ2n) is 10.5. The van der Waals surface area contributed by atoms with E-state index in [0.29, 0.717) is 11.5 Å². The zero-order valence-electron chi connectivity index (χ0n) is 23.2. The number of amides is 1. The van der Waals surface area contributed by atoms with Crippen LogP contribution in [0, 0.1) is 0 Å². The van der Waals surface area contributed by atoms with Gasteiger partial charge in [0.15, 0.2) is 11.5 Å². The molecule has 1 aliphatic rings. The number of anilines is 2. The van der Waals surface area contributed by atoms with Crippen molar-refractivity contribution in [1.29, 1.82) is 0 Å². The third-order valence-corrected chi connectivity index (χ3v) is 6.62. The van der Waals surface area contributed by atoms with Gasteiger partial charge in [-0.05, 0) is 88.4 Å². The van der Waals surface area contributed by atoms with Gasteiger partial charge >= 0.3 is 6.09 Å². The van der Waals surface area contributed by atoms with Crippen LogP contribution in [0.25, 0.3) is 5.57 Å². The molecular weight excluding hydrogens is 454 g/mol. The molecule has 1 atom stereocenters. The lowest BCUT2D eigenvalue weighted by atomic mass is 9.92. The highest BCUT2D eigenvalue weighted by Gasteiger charge is 2.25. The zero-order valence-corrected chi connectivity index (χ0v) is 23.2. The minimum atomic E-state index is -0.495. The minimum absolute atomic E-state index is 0.0722. The number of allylic oxidation sites excluding steroid dienone is 2. The van der Waals surface area contributed by atoms with Crippen LogP contribution in [-0.4, -0.2) is 55.9 Å². The summed E-state index contributed by atoms with van der Waals surface area (Å²) in [5, 5.41) is 3.48. The van der Waals surface area contributed by atoms with Crippen LogP contribution in [0.4, 0.5) is 16.2 Å². The molecule has 1 aliphatic heterocycles. The van der Waals surface area contributed by atoms with Crippen LogP contribution in [0.1, 0.15) is 58.6 Å². The number of nitrogens with zero attached hydrogens (tertiary/aromatic N) is 2. The fraction of sp³-hybridized carbons (Fsp3) is 0.483. The summed E-state index contributed by atoms with van der Waals surface area (Å²) >= 11 is 0. The van der Waals surface area contributed by atoms with Gasteiger partial charge in [0.1, 0.15) is 5.60 Å². The topological polar surface area (TPSA) is 63.3 Å². The van der Waals surface area contributed by atoms with Gasteiger partial charge in [0, 0.05) is 49.8 Å². The molecule has 0 bridgehead atoms. The molecule has 7 nitrogen and oxygen atoms in total. The number of hydrogen-bond acceptors (Lipinski definition) is 6. The van der Waals surface area contributed by atoms with E-state index >= 15 is 0 Å². The highest BCUT2D eigenvalue weighted by molar-refractivity contribution is 5.74. The van der Waals surface area contributed by atoms with Crippen LogP contribution in [-0.2, 0) is 11.3 Å². The molecule has 1 amide bonds. The molecule has 1 N–H and O–H groups in total. The molecule has 1 unspecified atom stereocenters. The lowest BCUT2D eigenvalue weighted by molar-refractivity contribution is 0.0228. The Morgan fingerprint density at radius 1 is 1.08 bits per heavy atom. The van der Waals surface area contributed by atoms with Crippen LogP contribution in [0.3, 0.4) is 0 Å². The highest BCUT2D eigenvalue weighted by atomic mass is 16.6. The third kappa shape index (κ3) is 6.45. The molecule has 0 radical (unpaired) electrons. The number of methoxy groups -OCH3 is 2. The molecule has 0 saturated carbocycles. The number of ether oxygens (including phenoxy) is 3. The molecule has 2 aromatic carbocycles. The predicted octanol–water partition coefficient (Wildman–Crippen LogP) is 6.66. The standard InChI is InChI=1S/C29H41N3O4/c1-19(32(7)28(33)36-29(3,4)5)10-14-25-20(2)24-13-11-22(16-21(24)18-31(25)6)30-23-12-15-26(34-8)27(17-23)35-9/h11-13,15-17,19,30H,10,14,18H2,1-9H3. The van der Waals surface area contributed by atoms with Gasteiger partial charge in [-0.1, -0.05) is 6.07 Å². The van der Waals surface area contributed by atoms with Gasteiger partial charge in [0.05, 0.1) is 14.2 Å². The van der Waals surface area contributed by atoms with Crippen LogP contribution >= 0.6 is 0 Å². The SMILES string of the molecule is COc1ccc(Nc2ccc3c(c2)CN(C)C(CCC(C)N(C)C(=O)OC(C)(C)C)=C3C)cc1OC. The summed E-state index contributed by atoms with van der Waals surface area (Å²) in [6, 6.07) is 12.4. The Bertz CT molecular complexity index is 1120. The summed E-state index contributed by atoms with van der Waals surface area (Å²) < 4.78 is 16.3. The van der Waals surface area contributed by atoms with Crippen molar-refractivity contribution in [2.45, 2.75) is 65.6 Å². The molecule has 2 aromatic rings. The van der Waals surface area contributed by atoms with E-state index in [2.05, 4.69) is 49.3 Å². The number of nitrogens with one attached hydrogen (secondary N) is 1. The van der Waals surface area contributed by atoms with Crippen molar-refractivity contribution in [2.75, 3.05) is 33.6 Å². The molecular formula is C29H41N3O4. The first-order chi connectivity index (χ1) is 16.9. The van der Waals surface area contributed by atoms with E-state index in [1.807, 2.05) is 46.0 Å². The molecule has 1 heterocycles. The van der Waals surface area contributed by atoms with E-state index in [-0.39, 0.29) is 12.1 Å². The quantitative estimate of drug-likeness (QED) is 0.442. The lowest BCUT2D eigenvalue weighted by Crippen LogP contribution is -2.39. The Balaban J connectivity index is 1.72. The maximum Gasteiger partial charge on any atom is 0.410 e. The van der Waals surface area contributed by atoms with E-state index < -0.39 is 5.60 Å². The van der Waals surface area contributed by atoms with E-state index in [9.17, 15) is 4.79 Å². The molecule has 36 heavy (non-hydrogen) atoms. The highest BCUT2D eigenvalue weighted by Crippen LogP contribution is 2.36. The van der Waals surface area contributed by atoms with E-state index in [1.165, 1.54) is 22.4 Å². The number of fused-ring (bicyclic) bond motifs is 1. The van der Waals surface area contributed by atoms with Gasteiger partial charge in [-0.25, -0.2) is 4.79 Å². The van der Waals surface area contributed by atoms with Crippen LogP contribution < -0.4 is 14.8 Å². The molecule has 3 rings (SSSR count). The molecule has 0 aromatic heterocycles. The smallest absolute Gasteiger partial charge is 0.410 e. The normalized spacial score (nSPS) is 14.2. The Morgan fingerprint density at radius 2 is 1.72 bits per heavy atom. The summed E-state index contributed by atoms with van der Waals surface area (Å²) in [5.41, 5.74) is 6.62. The lowest BCUT2D eigenvalue weighted by Gasteiger charge is -2.34. The van der Waals surface area contributed by atoms with Gasteiger partial charge in [0.25, 0.3) is 0 Å². The van der Waals surface area contributed by atoms with Crippen molar-refractivity contribution in [3.63, 3.8) is 0 Å². The van der Waals surface area contributed by atoms with Gasteiger partial charge in [0.2, 0.25) is 0 Å². The zero-order chi connectivity index (χ0) is 26.6. The largest absolute Gasteiger partial charge is 0.493 e. The van der Waals surface area contributed by atoms with Crippen LogP contribution in [0.15, 0.2) is 42.1 Å². The summed E-state index contributed by atoms with van der Waals surface area (Å²) in [7, 11) is 7.22. The first-order valence-corrected chi connectivity index (χ1v) is 12.4.